The number of amides is 3. The second-order valence-electron chi connectivity index (χ2n) is 7.56. The highest BCUT2D eigenvalue weighted by atomic mass is 16.2. The lowest BCUT2D eigenvalue weighted by atomic mass is 9.97. The van der Waals surface area contributed by atoms with Crippen LogP contribution in [-0.4, -0.2) is 29.2 Å². The van der Waals surface area contributed by atoms with Crippen LogP contribution in [0, 0.1) is 0 Å². The number of imide groups is 1. The van der Waals surface area contributed by atoms with Gasteiger partial charge in [-0.1, -0.05) is 35.9 Å². The highest BCUT2D eigenvalue weighted by molar-refractivity contribution is 6.21. The zero-order valence-corrected chi connectivity index (χ0v) is 16.3. The van der Waals surface area contributed by atoms with Gasteiger partial charge in [0.15, 0.2) is 0 Å². The van der Waals surface area contributed by atoms with E-state index >= 15 is 0 Å². The molecule has 4 rings (SSSR count). The molecule has 2 aromatic rings. The molecule has 0 radical (unpaired) electrons. The van der Waals surface area contributed by atoms with Gasteiger partial charge in [0, 0.05) is 12.1 Å². The van der Waals surface area contributed by atoms with Crippen molar-refractivity contribution < 1.29 is 14.4 Å². The Morgan fingerprint density at radius 1 is 0.966 bits per heavy atom. The lowest BCUT2D eigenvalue weighted by molar-refractivity contribution is 0.0642. The summed E-state index contributed by atoms with van der Waals surface area (Å²) >= 11 is 0. The van der Waals surface area contributed by atoms with Crippen molar-refractivity contribution in [1.29, 1.82) is 0 Å². The number of carbonyl (C=O) groups is 3. The molecule has 0 bridgehead atoms. The molecule has 1 N–H and O–H groups in total. The number of nitrogens with one attached hydrogen (secondary N) is 1. The van der Waals surface area contributed by atoms with E-state index in [4.69, 9.17) is 0 Å². The molecule has 3 amide bonds. The quantitative estimate of drug-likeness (QED) is 0.598. The number of carbonyl (C=O) groups excluding carboxylic acids is 3. The molecule has 1 heterocycles. The average molecular weight is 388 g/mol. The van der Waals surface area contributed by atoms with Gasteiger partial charge in [0.1, 0.15) is 0 Å². The smallest absolute Gasteiger partial charge is 0.261 e. The van der Waals surface area contributed by atoms with E-state index in [0.717, 1.165) is 24.8 Å². The molecule has 0 saturated carbocycles. The van der Waals surface area contributed by atoms with E-state index in [0.29, 0.717) is 23.2 Å². The summed E-state index contributed by atoms with van der Waals surface area (Å²) in [6, 6.07) is 13.9. The Balaban J connectivity index is 1.39. The van der Waals surface area contributed by atoms with Crippen LogP contribution < -0.4 is 5.32 Å². The van der Waals surface area contributed by atoms with Gasteiger partial charge < -0.3 is 5.32 Å². The summed E-state index contributed by atoms with van der Waals surface area (Å²) in [5.41, 5.74) is 3.58. The largest absolute Gasteiger partial charge is 0.352 e. The van der Waals surface area contributed by atoms with Gasteiger partial charge in [-0.3, -0.25) is 19.3 Å². The van der Waals surface area contributed by atoms with Crippen LogP contribution >= 0.6 is 0 Å². The van der Waals surface area contributed by atoms with E-state index < -0.39 is 0 Å². The topological polar surface area (TPSA) is 66.5 Å². The first-order valence-corrected chi connectivity index (χ1v) is 10.1. The fraction of sp³-hybridized carbons (Fsp3) is 0.292. The normalized spacial score (nSPS) is 15.9. The Morgan fingerprint density at radius 2 is 1.72 bits per heavy atom. The minimum Gasteiger partial charge on any atom is -0.352 e. The van der Waals surface area contributed by atoms with Crippen molar-refractivity contribution in [2.24, 2.45) is 0 Å². The van der Waals surface area contributed by atoms with E-state index in [1.54, 1.807) is 42.5 Å². The first-order chi connectivity index (χ1) is 14.1. The molecule has 0 unspecified atom stereocenters. The molecule has 29 heavy (non-hydrogen) atoms. The maximum Gasteiger partial charge on any atom is 0.261 e. The summed E-state index contributed by atoms with van der Waals surface area (Å²) in [6.45, 7) is 0.771. The number of hydrogen-bond acceptors (Lipinski definition) is 3. The van der Waals surface area contributed by atoms with Crippen LogP contribution in [0.5, 0.6) is 0 Å². The van der Waals surface area contributed by atoms with E-state index in [2.05, 4.69) is 11.4 Å². The number of hydrogen-bond donors (Lipinski definition) is 1. The minimum atomic E-state index is -0.291. The second kappa shape index (κ2) is 8.43. The lowest BCUT2D eigenvalue weighted by Gasteiger charge is -2.15. The third-order valence-corrected chi connectivity index (χ3v) is 5.52. The first-order valence-electron chi connectivity index (χ1n) is 10.1. The average Bonchev–Trinajstić information content (AvgIpc) is 3.00. The van der Waals surface area contributed by atoms with Gasteiger partial charge >= 0.3 is 0 Å². The molecule has 0 fully saturated rings. The van der Waals surface area contributed by atoms with Crippen molar-refractivity contribution in [3.05, 3.63) is 82.4 Å². The number of nitrogens with zero attached hydrogens (tertiary/aromatic N) is 1. The highest BCUT2D eigenvalue weighted by Crippen LogP contribution is 2.24. The summed E-state index contributed by atoms with van der Waals surface area (Å²) in [6.07, 6.45) is 7.95. The van der Waals surface area contributed by atoms with Gasteiger partial charge in [-0.25, -0.2) is 0 Å². The van der Waals surface area contributed by atoms with Crippen LogP contribution in [0.3, 0.4) is 0 Å². The Morgan fingerprint density at radius 3 is 2.41 bits per heavy atom. The Labute approximate surface area is 170 Å². The lowest BCUT2D eigenvalue weighted by Crippen LogP contribution is -2.29. The number of benzene rings is 2. The fourth-order valence-corrected chi connectivity index (χ4v) is 3.95. The van der Waals surface area contributed by atoms with Crippen LogP contribution in [0.25, 0.3) is 0 Å². The molecule has 0 spiro atoms. The van der Waals surface area contributed by atoms with Crippen LogP contribution in [0.15, 0.2) is 60.2 Å². The van der Waals surface area contributed by atoms with Crippen LogP contribution in [-0.2, 0) is 6.54 Å². The Hall–Kier alpha value is -3.21. The van der Waals surface area contributed by atoms with Crippen molar-refractivity contribution >= 4 is 17.7 Å². The predicted molar refractivity (Wildman–Crippen MR) is 111 cm³/mol. The molecule has 2 aromatic carbocycles. The molecular weight excluding hydrogens is 364 g/mol. The zero-order valence-electron chi connectivity index (χ0n) is 16.3. The monoisotopic (exact) mass is 388 g/mol. The van der Waals surface area contributed by atoms with Gasteiger partial charge in [0.25, 0.3) is 17.7 Å². The zero-order chi connectivity index (χ0) is 20.2. The SMILES string of the molecule is O=C(NCCC1=CCCCC1)c1cccc(CN2C(=O)c3ccccc3C2=O)c1. The maximum atomic E-state index is 12.5. The maximum absolute atomic E-state index is 12.5. The molecule has 2 aliphatic rings. The summed E-state index contributed by atoms with van der Waals surface area (Å²) in [7, 11) is 0. The van der Waals surface area contributed by atoms with Crippen molar-refractivity contribution in [3.63, 3.8) is 0 Å². The van der Waals surface area contributed by atoms with Crippen molar-refractivity contribution in [2.45, 2.75) is 38.6 Å². The summed E-state index contributed by atoms with van der Waals surface area (Å²) in [4.78, 5) is 38.8. The molecule has 1 aliphatic heterocycles. The van der Waals surface area contributed by atoms with Gasteiger partial charge in [-0.2, -0.15) is 0 Å². The molecule has 0 aromatic heterocycles. The molecule has 0 saturated heterocycles. The number of fused-ring (bicyclic) bond motifs is 1. The molecule has 5 heteroatoms. The molecule has 1 aliphatic carbocycles. The number of rotatable bonds is 6. The van der Waals surface area contributed by atoms with Crippen LogP contribution in [0.2, 0.25) is 0 Å². The Kier molecular flexibility index (Phi) is 5.56. The van der Waals surface area contributed by atoms with E-state index in [1.807, 2.05) is 6.07 Å². The highest BCUT2D eigenvalue weighted by Gasteiger charge is 2.34. The van der Waals surface area contributed by atoms with Gasteiger partial charge in [0.2, 0.25) is 0 Å². The summed E-state index contributed by atoms with van der Waals surface area (Å²) < 4.78 is 0. The van der Waals surface area contributed by atoms with Crippen LogP contribution in [0.4, 0.5) is 0 Å². The van der Waals surface area contributed by atoms with Gasteiger partial charge in [0.05, 0.1) is 17.7 Å². The minimum absolute atomic E-state index is 0.134. The van der Waals surface area contributed by atoms with Crippen molar-refractivity contribution in [3.8, 4) is 0 Å². The predicted octanol–water partition coefficient (Wildman–Crippen LogP) is 4.10. The standard InChI is InChI=1S/C24H24N2O3/c27-22(25-14-13-17-7-2-1-3-8-17)19-10-6-9-18(15-19)16-26-23(28)20-11-4-5-12-21(20)24(26)29/h4-7,9-12,15H,1-3,8,13-14,16H2,(H,25,27). The number of allylic oxidation sites excluding steroid dienone is 1. The molecule has 0 atom stereocenters. The summed E-state index contributed by atoms with van der Waals surface area (Å²) in [5, 5.41) is 2.97. The van der Waals surface area contributed by atoms with E-state index in [9.17, 15) is 14.4 Å². The van der Waals surface area contributed by atoms with Gasteiger partial charge in [-0.05, 0) is 61.9 Å². The third kappa shape index (κ3) is 4.14. The first kappa shape index (κ1) is 19.1. The van der Waals surface area contributed by atoms with Crippen LogP contribution in [0.1, 0.15) is 68.7 Å². The third-order valence-electron chi connectivity index (χ3n) is 5.52. The van der Waals surface area contributed by atoms with Gasteiger partial charge in [-0.15, -0.1) is 0 Å². The van der Waals surface area contributed by atoms with Crippen molar-refractivity contribution in [2.75, 3.05) is 6.54 Å². The second-order valence-corrected chi connectivity index (χ2v) is 7.56. The molecular formula is C24H24N2O3. The molecule has 5 nitrogen and oxygen atoms in total. The fourth-order valence-electron chi connectivity index (χ4n) is 3.95. The molecule has 148 valence electrons. The Bertz CT molecular complexity index is 958. The van der Waals surface area contributed by atoms with E-state index in [1.165, 1.54) is 23.3 Å². The van der Waals surface area contributed by atoms with E-state index in [-0.39, 0.29) is 24.3 Å². The summed E-state index contributed by atoms with van der Waals surface area (Å²) in [5.74, 6) is -0.715. The van der Waals surface area contributed by atoms with Crippen molar-refractivity contribution in [1.82, 2.24) is 10.2 Å².